The van der Waals surface area contributed by atoms with Gasteiger partial charge in [0, 0.05) is 25.2 Å². The summed E-state index contributed by atoms with van der Waals surface area (Å²) in [6.45, 7) is 2.09. The molecule has 2 aromatic carbocycles. The van der Waals surface area contributed by atoms with Crippen molar-refractivity contribution in [3.63, 3.8) is 0 Å². The van der Waals surface area contributed by atoms with Crippen LogP contribution in [0.1, 0.15) is 16.7 Å². The lowest BCUT2D eigenvalue weighted by atomic mass is 10.1. The Labute approximate surface area is 175 Å². The van der Waals surface area contributed by atoms with Gasteiger partial charge in [-0.05, 0) is 35.2 Å². The fraction of sp³-hybridized carbons (Fsp3) is 0.286. The fourth-order valence-corrected chi connectivity index (χ4v) is 3.18. The Balaban J connectivity index is 1.48. The molecule has 0 radical (unpaired) electrons. The molecule has 152 valence electrons. The predicted octanol–water partition coefficient (Wildman–Crippen LogP) is 2.90. The quantitative estimate of drug-likeness (QED) is 0.439. The maximum atomic E-state index is 6.30. The van der Waals surface area contributed by atoms with E-state index in [0.29, 0.717) is 18.1 Å². The molecule has 0 saturated carbocycles. The van der Waals surface area contributed by atoms with Gasteiger partial charge in [-0.2, -0.15) is 5.10 Å². The molecule has 7 nitrogen and oxygen atoms in total. The Hall–Kier alpha value is -3.06. The van der Waals surface area contributed by atoms with Gasteiger partial charge in [0.15, 0.2) is 5.96 Å². The average molecular weight is 413 g/mol. The van der Waals surface area contributed by atoms with E-state index in [1.807, 2.05) is 24.3 Å². The second-order valence-corrected chi connectivity index (χ2v) is 6.88. The molecular formula is C21H25ClN6O. The Morgan fingerprint density at radius 2 is 2.03 bits per heavy atom. The van der Waals surface area contributed by atoms with Crippen molar-refractivity contribution < 1.29 is 4.74 Å². The van der Waals surface area contributed by atoms with Gasteiger partial charge in [-0.3, -0.25) is 4.99 Å². The maximum Gasteiger partial charge on any atom is 0.191 e. The normalized spacial score (nSPS) is 11.3. The molecule has 2 N–H and O–H groups in total. The summed E-state index contributed by atoms with van der Waals surface area (Å²) in [6.07, 6.45) is 4.04. The third kappa shape index (κ3) is 6.22. The minimum atomic E-state index is 0.675. The standard InChI is InChI=1S/C21H25ClN6O/c1-23-21(25-9-8-18-6-7-19(29-2)11-20(18)22)26-12-16-4-3-5-17(10-16)13-28-15-24-14-27-28/h3-7,10-11,14-15H,8-9,12-13H2,1-2H3,(H2,23,25,26). The van der Waals surface area contributed by atoms with Crippen LogP contribution >= 0.6 is 11.6 Å². The SMILES string of the molecule is CN=C(NCCc1ccc(OC)cc1Cl)NCc1cccc(Cn2cncn2)c1. The first-order valence-electron chi connectivity index (χ1n) is 9.35. The van der Waals surface area contributed by atoms with Crippen molar-refractivity contribution in [2.45, 2.75) is 19.5 Å². The summed E-state index contributed by atoms with van der Waals surface area (Å²) in [7, 11) is 3.39. The van der Waals surface area contributed by atoms with Crippen LogP contribution < -0.4 is 15.4 Å². The van der Waals surface area contributed by atoms with Crippen LogP contribution in [0.2, 0.25) is 5.02 Å². The molecule has 8 heteroatoms. The Morgan fingerprint density at radius 3 is 2.76 bits per heavy atom. The van der Waals surface area contributed by atoms with Crippen LogP contribution in [-0.2, 0) is 19.5 Å². The number of aromatic nitrogens is 3. The van der Waals surface area contributed by atoms with E-state index in [1.54, 1.807) is 31.5 Å². The van der Waals surface area contributed by atoms with Gasteiger partial charge >= 0.3 is 0 Å². The number of nitrogens with one attached hydrogen (secondary N) is 2. The zero-order valence-electron chi connectivity index (χ0n) is 16.6. The molecule has 3 aromatic rings. The first-order valence-corrected chi connectivity index (χ1v) is 9.73. The van der Waals surface area contributed by atoms with Crippen LogP contribution in [-0.4, -0.2) is 41.4 Å². The zero-order valence-corrected chi connectivity index (χ0v) is 17.4. The lowest BCUT2D eigenvalue weighted by Gasteiger charge is -2.13. The lowest BCUT2D eigenvalue weighted by molar-refractivity contribution is 0.414. The summed E-state index contributed by atoms with van der Waals surface area (Å²) in [5.41, 5.74) is 3.41. The number of benzene rings is 2. The summed E-state index contributed by atoms with van der Waals surface area (Å²) < 4.78 is 6.99. The van der Waals surface area contributed by atoms with E-state index in [4.69, 9.17) is 16.3 Å². The van der Waals surface area contributed by atoms with Crippen molar-refractivity contribution in [3.05, 3.63) is 76.8 Å². The van der Waals surface area contributed by atoms with Gasteiger partial charge in [-0.25, -0.2) is 9.67 Å². The minimum Gasteiger partial charge on any atom is -0.497 e. The highest BCUT2D eigenvalue weighted by Crippen LogP contribution is 2.22. The molecule has 0 unspecified atom stereocenters. The van der Waals surface area contributed by atoms with Crippen LogP contribution in [0.4, 0.5) is 0 Å². The van der Waals surface area contributed by atoms with Crippen molar-refractivity contribution in [1.29, 1.82) is 0 Å². The van der Waals surface area contributed by atoms with Crippen molar-refractivity contribution >= 4 is 17.6 Å². The second kappa shape index (κ2) is 10.5. The van der Waals surface area contributed by atoms with Crippen molar-refractivity contribution in [2.24, 2.45) is 4.99 Å². The predicted molar refractivity (Wildman–Crippen MR) is 115 cm³/mol. The third-order valence-corrected chi connectivity index (χ3v) is 4.78. The van der Waals surface area contributed by atoms with E-state index in [1.165, 1.54) is 11.1 Å². The molecule has 29 heavy (non-hydrogen) atoms. The van der Waals surface area contributed by atoms with Crippen LogP contribution in [0.3, 0.4) is 0 Å². The monoisotopic (exact) mass is 412 g/mol. The molecule has 0 fully saturated rings. The number of halogens is 1. The number of rotatable bonds is 8. The van der Waals surface area contributed by atoms with Gasteiger partial charge in [0.25, 0.3) is 0 Å². The summed E-state index contributed by atoms with van der Waals surface area (Å²) >= 11 is 6.30. The molecule has 0 aliphatic carbocycles. The number of methoxy groups -OCH3 is 1. The molecule has 0 atom stereocenters. The van der Waals surface area contributed by atoms with E-state index in [2.05, 4.69) is 43.9 Å². The summed E-state index contributed by atoms with van der Waals surface area (Å²) in [5, 5.41) is 11.5. The third-order valence-electron chi connectivity index (χ3n) is 4.43. The summed E-state index contributed by atoms with van der Waals surface area (Å²) in [5.74, 6) is 1.51. The number of ether oxygens (including phenoxy) is 1. The molecule has 1 aromatic heterocycles. The van der Waals surface area contributed by atoms with Gasteiger partial charge in [0.05, 0.1) is 13.7 Å². The molecule has 0 aliphatic rings. The van der Waals surface area contributed by atoms with Crippen LogP contribution in [0, 0.1) is 0 Å². The number of aliphatic imine (C=N–C) groups is 1. The van der Waals surface area contributed by atoms with Gasteiger partial charge in [-0.15, -0.1) is 0 Å². The highest BCUT2D eigenvalue weighted by Gasteiger charge is 2.04. The summed E-state index contributed by atoms with van der Waals surface area (Å²) in [4.78, 5) is 8.26. The molecule has 0 saturated heterocycles. The smallest absolute Gasteiger partial charge is 0.191 e. The van der Waals surface area contributed by atoms with E-state index >= 15 is 0 Å². The Morgan fingerprint density at radius 1 is 1.17 bits per heavy atom. The Bertz CT molecular complexity index is 942. The molecule has 0 amide bonds. The summed E-state index contributed by atoms with van der Waals surface area (Å²) in [6, 6.07) is 14.1. The van der Waals surface area contributed by atoms with Gasteiger partial charge < -0.3 is 15.4 Å². The largest absolute Gasteiger partial charge is 0.497 e. The number of hydrogen-bond acceptors (Lipinski definition) is 4. The van der Waals surface area contributed by atoms with E-state index in [-0.39, 0.29) is 0 Å². The van der Waals surface area contributed by atoms with Crippen LogP contribution in [0.5, 0.6) is 5.75 Å². The second-order valence-electron chi connectivity index (χ2n) is 6.47. The van der Waals surface area contributed by atoms with E-state index in [0.717, 1.165) is 30.2 Å². The zero-order chi connectivity index (χ0) is 20.5. The highest BCUT2D eigenvalue weighted by molar-refractivity contribution is 6.31. The fourth-order valence-electron chi connectivity index (χ4n) is 2.92. The molecule has 3 rings (SSSR count). The first-order chi connectivity index (χ1) is 14.2. The maximum absolute atomic E-state index is 6.30. The molecule has 0 bridgehead atoms. The molecule has 0 spiro atoms. The average Bonchev–Trinajstić information content (AvgIpc) is 3.24. The van der Waals surface area contributed by atoms with Crippen LogP contribution in [0.25, 0.3) is 0 Å². The first kappa shape index (κ1) is 20.7. The number of guanidine groups is 1. The number of hydrogen-bond donors (Lipinski definition) is 2. The van der Waals surface area contributed by atoms with Gasteiger partial charge in [0.2, 0.25) is 0 Å². The van der Waals surface area contributed by atoms with Gasteiger partial charge in [0.1, 0.15) is 18.4 Å². The minimum absolute atomic E-state index is 0.675. The highest BCUT2D eigenvalue weighted by atomic mass is 35.5. The molecular weight excluding hydrogens is 388 g/mol. The van der Waals surface area contributed by atoms with Crippen molar-refractivity contribution in [3.8, 4) is 5.75 Å². The topological polar surface area (TPSA) is 76.4 Å². The van der Waals surface area contributed by atoms with E-state index in [9.17, 15) is 0 Å². The van der Waals surface area contributed by atoms with Crippen molar-refractivity contribution in [1.82, 2.24) is 25.4 Å². The van der Waals surface area contributed by atoms with Crippen LogP contribution in [0.15, 0.2) is 60.1 Å². The number of nitrogens with zero attached hydrogens (tertiary/aromatic N) is 4. The lowest BCUT2D eigenvalue weighted by Crippen LogP contribution is -2.37. The molecule has 1 heterocycles. The van der Waals surface area contributed by atoms with Crippen molar-refractivity contribution in [2.75, 3.05) is 20.7 Å². The Kier molecular flexibility index (Phi) is 7.47. The molecule has 0 aliphatic heterocycles. The van der Waals surface area contributed by atoms with Gasteiger partial charge in [-0.1, -0.05) is 41.9 Å². The van der Waals surface area contributed by atoms with E-state index < -0.39 is 0 Å².